The summed E-state index contributed by atoms with van der Waals surface area (Å²) in [6.07, 6.45) is 1.88. The number of pyridine rings is 1. The summed E-state index contributed by atoms with van der Waals surface area (Å²) >= 11 is 0. The molecule has 0 bridgehead atoms. The minimum Gasteiger partial charge on any atom is -0.316 e. The lowest BCUT2D eigenvalue weighted by atomic mass is 9.97. The Morgan fingerprint density at radius 3 is 2.88 bits per heavy atom. The molecule has 1 aromatic rings. The Kier molecular flexibility index (Phi) is 4.51. The van der Waals surface area contributed by atoms with Crippen molar-refractivity contribution in [1.82, 2.24) is 15.2 Å². The first-order valence-corrected chi connectivity index (χ1v) is 6.62. The smallest absolute Gasteiger partial charge is 0.0543 e. The van der Waals surface area contributed by atoms with Gasteiger partial charge in [-0.05, 0) is 43.6 Å². The van der Waals surface area contributed by atoms with Crippen LogP contribution in [0, 0.1) is 11.8 Å². The summed E-state index contributed by atoms with van der Waals surface area (Å²) in [6, 6.07) is 6.15. The third-order valence-corrected chi connectivity index (χ3v) is 3.73. The lowest BCUT2D eigenvalue weighted by Crippen LogP contribution is -2.32. The maximum atomic E-state index is 4.40. The van der Waals surface area contributed by atoms with Gasteiger partial charge in [0, 0.05) is 19.3 Å². The molecule has 2 heterocycles. The molecule has 1 N–H and O–H groups in total. The highest BCUT2D eigenvalue weighted by atomic mass is 15.1. The summed E-state index contributed by atoms with van der Waals surface area (Å²) in [6.45, 7) is 10.2. The van der Waals surface area contributed by atoms with Crippen LogP contribution in [0.25, 0.3) is 0 Å². The van der Waals surface area contributed by atoms with Crippen LogP contribution in [0.1, 0.15) is 19.5 Å². The Morgan fingerprint density at radius 2 is 2.29 bits per heavy atom. The van der Waals surface area contributed by atoms with Crippen LogP contribution in [0.4, 0.5) is 0 Å². The van der Waals surface area contributed by atoms with Gasteiger partial charge in [-0.25, -0.2) is 0 Å². The molecule has 2 atom stereocenters. The molecule has 3 nitrogen and oxygen atoms in total. The first-order valence-electron chi connectivity index (χ1n) is 6.62. The summed E-state index contributed by atoms with van der Waals surface area (Å²) in [4.78, 5) is 6.90. The Balaban J connectivity index is 1.88. The van der Waals surface area contributed by atoms with Crippen molar-refractivity contribution in [2.45, 2.75) is 20.4 Å². The number of rotatable bonds is 5. The summed E-state index contributed by atoms with van der Waals surface area (Å²) in [7, 11) is 0. The summed E-state index contributed by atoms with van der Waals surface area (Å²) in [5.74, 6) is 1.59. The van der Waals surface area contributed by atoms with E-state index in [9.17, 15) is 0 Å². The van der Waals surface area contributed by atoms with Gasteiger partial charge in [-0.1, -0.05) is 19.9 Å². The van der Waals surface area contributed by atoms with Crippen LogP contribution >= 0.6 is 0 Å². The maximum Gasteiger partial charge on any atom is 0.0543 e. The van der Waals surface area contributed by atoms with Crippen molar-refractivity contribution in [3.63, 3.8) is 0 Å². The van der Waals surface area contributed by atoms with Crippen LogP contribution < -0.4 is 5.32 Å². The van der Waals surface area contributed by atoms with Crippen LogP contribution in [0.2, 0.25) is 0 Å². The number of nitrogens with one attached hydrogen (secondary N) is 1. The molecular formula is C14H23N3. The number of aromatic nitrogens is 1. The zero-order valence-electron chi connectivity index (χ0n) is 10.9. The lowest BCUT2D eigenvalue weighted by Gasteiger charge is -2.25. The average molecular weight is 233 g/mol. The predicted molar refractivity (Wildman–Crippen MR) is 70.7 cm³/mol. The third-order valence-electron chi connectivity index (χ3n) is 3.73. The van der Waals surface area contributed by atoms with Crippen molar-refractivity contribution in [1.29, 1.82) is 0 Å². The largest absolute Gasteiger partial charge is 0.316 e. The molecule has 2 unspecified atom stereocenters. The van der Waals surface area contributed by atoms with Gasteiger partial charge in [0.25, 0.3) is 0 Å². The quantitative estimate of drug-likeness (QED) is 0.840. The zero-order chi connectivity index (χ0) is 12.1. The molecule has 0 aliphatic carbocycles. The van der Waals surface area contributed by atoms with E-state index < -0.39 is 0 Å². The Bertz CT molecular complexity index is 325. The lowest BCUT2D eigenvalue weighted by molar-refractivity contribution is 0.218. The summed E-state index contributed by atoms with van der Waals surface area (Å²) in [5.41, 5.74) is 1.17. The molecule has 0 radical (unpaired) electrons. The molecule has 1 saturated heterocycles. The van der Waals surface area contributed by atoms with Crippen molar-refractivity contribution in [2.75, 3.05) is 26.2 Å². The Morgan fingerprint density at radius 1 is 1.41 bits per heavy atom. The van der Waals surface area contributed by atoms with Gasteiger partial charge < -0.3 is 5.32 Å². The summed E-state index contributed by atoms with van der Waals surface area (Å²) in [5, 5.41) is 3.47. The van der Waals surface area contributed by atoms with Gasteiger partial charge in [-0.2, -0.15) is 0 Å². The van der Waals surface area contributed by atoms with E-state index in [-0.39, 0.29) is 0 Å². The molecule has 0 spiro atoms. The second-order valence-electron chi connectivity index (χ2n) is 5.04. The number of hydrogen-bond acceptors (Lipinski definition) is 3. The van der Waals surface area contributed by atoms with Gasteiger partial charge in [0.1, 0.15) is 0 Å². The monoisotopic (exact) mass is 233 g/mol. The maximum absolute atomic E-state index is 4.40. The molecule has 1 fully saturated rings. The second-order valence-corrected chi connectivity index (χ2v) is 5.04. The van der Waals surface area contributed by atoms with Crippen molar-refractivity contribution < 1.29 is 0 Å². The second kappa shape index (κ2) is 6.12. The van der Waals surface area contributed by atoms with Gasteiger partial charge in [0.2, 0.25) is 0 Å². The average Bonchev–Trinajstić information content (AvgIpc) is 2.75. The van der Waals surface area contributed by atoms with E-state index in [0.29, 0.717) is 0 Å². The van der Waals surface area contributed by atoms with Gasteiger partial charge in [-0.3, -0.25) is 9.88 Å². The molecule has 17 heavy (non-hydrogen) atoms. The van der Waals surface area contributed by atoms with E-state index in [1.807, 2.05) is 12.3 Å². The highest BCUT2D eigenvalue weighted by Crippen LogP contribution is 2.17. The summed E-state index contributed by atoms with van der Waals surface area (Å²) < 4.78 is 0. The van der Waals surface area contributed by atoms with E-state index in [1.54, 1.807) is 0 Å². The minimum absolute atomic E-state index is 0.790. The first-order chi connectivity index (χ1) is 8.29. The van der Waals surface area contributed by atoms with Crippen molar-refractivity contribution in [2.24, 2.45) is 11.8 Å². The fourth-order valence-electron chi connectivity index (χ4n) is 2.47. The normalized spacial score (nSPS) is 24.4. The highest BCUT2D eigenvalue weighted by molar-refractivity contribution is 5.03. The number of hydrogen-bond donors (Lipinski definition) is 1. The molecule has 0 saturated carbocycles. The zero-order valence-corrected chi connectivity index (χ0v) is 10.9. The fraction of sp³-hybridized carbons (Fsp3) is 0.643. The fourth-order valence-corrected chi connectivity index (χ4v) is 2.47. The highest BCUT2D eigenvalue weighted by Gasteiger charge is 2.24. The van der Waals surface area contributed by atoms with E-state index >= 15 is 0 Å². The molecule has 0 aromatic carbocycles. The van der Waals surface area contributed by atoms with E-state index in [0.717, 1.165) is 24.9 Å². The van der Waals surface area contributed by atoms with Gasteiger partial charge in [-0.15, -0.1) is 0 Å². The van der Waals surface area contributed by atoms with Crippen LogP contribution in [0.15, 0.2) is 24.4 Å². The molecule has 1 aliphatic rings. The molecular weight excluding hydrogens is 210 g/mol. The molecule has 2 rings (SSSR count). The molecule has 94 valence electrons. The van der Waals surface area contributed by atoms with Gasteiger partial charge >= 0.3 is 0 Å². The molecule has 1 aromatic heterocycles. The van der Waals surface area contributed by atoms with Crippen LogP contribution in [0.5, 0.6) is 0 Å². The standard InChI is InChI=1S/C14H23N3/c1-3-17(10-13-9-15-8-12(13)2)11-14-6-4-5-7-16-14/h4-7,12-13,15H,3,8-11H2,1-2H3. The molecule has 0 amide bonds. The van der Waals surface area contributed by atoms with Crippen molar-refractivity contribution in [3.8, 4) is 0 Å². The van der Waals surface area contributed by atoms with E-state index in [4.69, 9.17) is 0 Å². The van der Waals surface area contributed by atoms with Gasteiger partial charge in [0.15, 0.2) is 0 Å². The third kappa shape index (κ3) is 3.51. The predicted octanol–water partition coefficient (Wildman–Crippen LogP) is 1.76. The van der Waals surface area contributed by atoms with E-state index in [1.165, 1.54) is 25.3 Å². The first kappa shape index (κ1) is 12.5. The minimum atomic E-state index is 0.790. The van der Waals surface area contributed by atoms with Crippen molar-refractivity contribution in [3.05, 3.63) is 30.1 Å². The molecule has 1 aliphatic heterocycles. The van der Waals surface area contributed by atoms with Crippen LogP contribution in [-0.2, 0) is 6.54 Å². The Hall–Kier alpha value is -0.930. The van der Waals surface area contributed by atoms with Crippen LogP contribution in [-0.4, -0.2) is 36.1 Å². The number of nitrogens with zero attached hydrogens (tertiary/aromatic N) is 2. The van der Waals surface area contributed by atoms with Crippen molar-refractivity contribution >= 4 is 0 Å². The van der Waals surface area contributed by atoms with E-state index in [2.05, 4.69) is 41.2 Å². The Labute approximate surface area is 104 Å². The molecule has 3 heteroatoms. The topological polar surface area (TPSA) is 28.2 Å². The van der Waals surface area contributed by atoms with Crippen LogP contribution in [0.3, 0.4) is 0 Å². The SMILES string of the molecule is CCN(Cc1ccccn1)CC1CNCC1C. The van der Waals surface area contributed by atoms with Gasteiger partial charge in [0.05, 0.1) is 5.69 Å².